The van der Waals surface area contributed by atoms with Gasteiger partial charge in [-0.2, -0.15) is 0 Å². The molecule has 0 bridgehead atoms. The van der Waals surface area contributed by atoms with Gasteiger partial charge in [-0.25, -0.2) is 13.1 Å². The number of carbonyl (C=O) groups excluding carboxylic acids is 2. The van der Waals surface area contributed by atoms with Crippen molar-refractivity contribution in [2.75, 3.05) is 5.32 Å². The first-order chi connectivity index (χ1) is 13.7. The van der Waals surface area contributed by atoms with Gasteiger partial charge in [0.05, 0.1) is 4.90 Å². The Morgan fingerprint density at radius 2 is 1.66 bits per heavy atom. The van der Waals surface area contributed by atoms with Crippen molar-refractivity contribution in [2.24, 2.45) is 0 Å². The highest BCUT2D eigenvalue weighted by Gasteiger charge is 2.28. The summed E-state index contributed by atoms with van der Waals surface area (Å²) in [6.07, 6.45) is 1.67. The molecule has 154 valence electrons. The molecule has 1 saturated carbocycles. The number of hydrogen-bond donors (Lipinski definition) is 3. The first-order valence-electron chi connectivity index (χ1n) is 9.51. The van der Waals surface area contributed by atoms with E-state index in [4.69, 9.17) is 0 Å². The van der Waals surface area contributed by atoms with Gasteiger partial charge in [-0.3, -0.25) is 9.59 Å². The van der Waals surface area contributed by atoms with Crippen LogP contribution >= 0.6 is 0 Å². The predicted molar refractivity (Wildman–Crippen MR) is 112 cm³/mol. The molecule has 0 saturated heterocycles. The molecule has 1 fully saturated rings. The van der Waals surface area contributed by atoms with Crippen molar-refractivity contribution in [3.8, 4) is 0 Å². The van der Waals surface area contributed by atoms with Crippen LogP contribution in [0.3, 0.4) is 0 Å². The van der Waals surface area contributed by atoms with Gasteiger partial charge < -0.3 is 10.6 Å². The van der Waals surface area contributed by atoms with Crippen LogP contribution in [-0.2, 0) is 10.0 Å². The maximum atomic E-state index is 12.7. The van der Waals surface area contributed by atoms with Gasteiger partial charge in [-0.1, -0.05) is 6.07 Å². The highest BCUT2D eigenvalue weighted by Crippen LogP contribution is 2.23. The van der Waals surface area contributed by atoms with E-state index in [1.165, 1.54) is 12.1 Å². The third kappa shape index (κ3) is 5.42. The van der Waals surface area contributed by atoms with E-state index in [0.717, 1.165) is 12.8 Å². The second-order valence-electron chi connectivity index (χ2n) is 7.53. The Kier molecular flexibility index (Phi) is 6.04. The Hall–Kier alpha value is -2.71. The minimum atomic E-state index is -3.64. The fraction of sp³-hybridized carbons (Fsp3) is 0.333. The summed E-state index contributed by atoms with van der Waals surface area (Å²) in [5.41, 5.74) is 1.96. The smallest absolute Gasteiger partial charge is 0.255 e. The van der Waals surface area contributed by atoms with Crippen molar-refractivity contribution < 1.29 is 18.0 Å². The van der Waals surface area contributed by atoms with Gasteiger partial charge in [0.2, 0.25) is 10.0 Å². The fourth-order valence-corrected chi connectivity index (χ4v) is 4.08. The summed E-state index contributed by atoms with van der Waals surface area (Å²) in [5.74, 6) is -0.597. The quantitative estimate of drug-likeness (QED) is 0.647. The van der Waals surface area contributed by atoms with Crippen LogP contribution < -0.4 is 15.4 Å². The van der Waals surface area contributed by atoms with Crippen molar-refractivity contribution in [3.63, 3.8) is 0 Å². The molecule has 29 heavy (non-hydrogen) atoms. The molecule has 2 aromatic carbocycles. The minimum absolute atomic E-state index is 0.00927. The summed E-state index contributed by atoms with van der Waals surface area (Å²) >= 11 is 0. The van der Waals surface area contributed by atoms with Gasteiger partial charge in [-0.05, 0) is 75.6 Å². The van der Waals surface area contributed by atoms with Crippen molar-refractivity contribution in [1.82, 2.24) is 10.0 Å². The summed E-state index contributed by atoms with van der Waals surface area (Å²) in [6, 6.07) is 11.1. The van der Waals surface area contributed by atoms with E-state index in [9.17, 15) is 18.0 Å². The van der Waals surface area contributed by atoms with Crippen LogP contribution in [0.25, 0.3) is 0 Å². The zero-order valence-electron chi connectivity index (χ0n) is 16.7. The molecule has 0 radical (unpaired) electrons. The molecule has 2 amide bonds. The number of carbonyl (C=O) groups is 2. The van der Waals surface area contributed by atoms with E-state index in [0.29, 0.717) is 16.8 Å². The zero-order chi connectivity index (χ0) is 21.2. The van der Waals surface area contributed by atoms with Crippen LogP contribution in [0, 0.1) is 6.92 Å². The standard InChI is InChI=1S/C21H25N3O4S/c1-13(2)22-20(25)15-5-7-16(8-6-15)23-21(26)19-12-18(11-4-14(19)3)29(27,28)24-17-9-10-17/h4-8,11-13,17,24H,9-10H2,1-3H3,(H,22,25)(H,23,26). The van der Waals surface area contributed by atoms with Gasteiger partial charge in [0.1, 0.15) is 0 Å². The Morgan fingerprint density at radius 1 is 1.00 bits per heavy atom. The maximum Gasteiger partial charge on any atom is 0.255 e. The van der Waals surface area contributed by atoms with Crippen LogP contribution in [0.4, 0.5) is 5.69 Å². The van der Waals surface area contributed by atoms with E-state index in [1.807, 2.05) is 13.8 Å². The molecule has 1 aliphatic rings. The summed E-state index contributed by atoms with van der Waals surface area (Å²) in [6.45, 7) is 5.51. The lowest BCUT2D eigenvalue weighted by Crippen LogP contribution is -2.30. The van der Waals surface area contributed by atoms with Crippen LogP contribution in [0.5, 0.6) is 0 Å². The Labute approximate surface area is 171 Å². The highest BCUT2D eigenvalue weighted by atomic mass is 32.2. The van der Waals surface area contributed by atoms with Crippen LogP contribution in [0.15, 0.2) is 47.4 Å². The molecule has 3 rings (SSSR count). The van der Waals surface area contributed by atoms with E-state index in [2.05, 4.69) is 15.4 Å². The van der Waals surface area contributed by atoms with E-state index >= 15 is 0 Å². The lowest BCUT2D eigenvalue weighted by molar-refractivity contribution is 0.0942. The number of nitrogens with one attached hydrogen (secondary N) is 3. The molecule has 3 N–H and O–H groups in total. The van der Waals surface area contributed by atoms with E-state index in [-0.39, 0.29) is 28.4 Å². The van der Waals surface area contributed by atoms with Gasteiger partial charge in [0.25, 0.3) is 11.8 Å². The normalized spacial score (nSPS) is 13.9. The Bertz CT molecular complexity index is 1030. The van der Waals surface area contributed by atoms with Crippen LogP contribution in [0.1, 0.15) is 53.0 Å². The second-order valence-corrected chi connectivity index (χ2v) is 9.25. The van der Waals surface area contributed by atoms with Gasteiger partial charge >= 0.3 is 0 Å². The van der Waals surface area contributed by atoms with Crippen molar-refractivity contribution in [2.45, 2.75) is 50.6 Å². The highest BCUT2D eigenvalue weighted by molar-refractivity contribution is 7.89. The Balaban J connectivity index is 1.75. The molecular weight excluding hydrogens is 390 g/mol. The SMILES string of the molecule is Cc1ccc(S(=O)(=O)NC2CC2)cc1C(=O)Nc1ccc(C(=O)NC(C)C)cc1. The number of aryl methyl sites for hydroxylation is 1. The third-order valence-corrected chi connectivity index (χ3v) is 6.01. The minimum Gasteiger partial charge on any atom is -0.350 e. The Morgan fingerprint density at radius 3 is 2.24 bits per heavy atom. The third-order valence-electron chi connectivity index (χ3n) is 4.49. The second kappa shape index (κ2) is 8.34. The summed E-state index contributed by atoms with van der Waals surface area (Å²) in [7, 11) is -3.64. The van der Waals surface area contributed by atoms with Crippen molar-refractivity contribution in [3.05, 3.63) is 59.2 Å². The number of rotatable bonds is 7. The monoisotopic (exact) mass is 415 g/mol. The summed E-state index contributed by atoms with van der Waals surface area (Å²) in [4.78, 5) is 24.8. The van der Waals surface area contributed by atoms with Gasteiger partial charge in [-0.15, -0.1) is 0 Å². The molecule has 0 unspecified atom stereocenters. The predicted octanol–water partition coefficient (Wildman–Crippen LogP) is 2.83. The molecule has 7 nitrogen and oxygen atoms in total. The molecule has 1 aliphatic carbocycles. The zero-order valence-corrected chi connectivity index (χ0v) is 17.5. The topological polar surface area (TPSA) is 104 Å². The lowest BCUT2D eigenvalue weighted by atomic mass is 10.1. The first kappa shape index (κ1) is 21.0. The average Bonchev–Trinajstić information content (AvgIpc) is 3.45. The summed E-state index contributed by atoms with van der Waals surface area (Å²) in [5, 5.41) is 5.55. The maximum absolute atomic E-state index is 12.7. The molecule has 0 aliphatic heterocycles. The van der Waals surface area contributed by atoms with E-state index < -0.39 is 15.9 Å². The first-order valence-corrected chi connectivity index (χ1v) is 11.0. The molecular formula is C21H25N3O4S. The van der Waals surface area contributed by atoms with Gasteiger partial charge in [0, 0.05) is 28.9 Å². The van der Waals surface area contributed by atoms with E-state index in [1.54, 1.807) is 37.3 Å². The molecule has 8 heteroatoms. The van der Waals surface area contributed by atoms with Crippen LogP contribution in [0.2, 0.25) is 0 Å². The lowest BCUT2D eigenvalue weighted by Gasteiger charge is -2.12. The fourth-order valence-electron chi connectivity index (χ4n) is 2.75. The molecule has 2 aromatic rings. The number of amides is 2. The average molecular weight is 416 g/mol. The molecule has 0 aromatic heterocycles. The molecule has 0 heterocycles. The number of benzene rings is 2. The van der Waals surface area contributed by atoms with Crippen molar-refractivity contribution >= 4 is 27.5 Å². The molecule has 0 spiro atoms. The number of sulfonamides is 1. The van der Waals surface area contributed by atoms with Crippen molar-refractivity contribution in [1.29, 1.82) is 0 Å². The number of hydrogen-bond acceptors (Lipinski definition) is 4. The number of anilines is 1. The van der Waals surface area contributed by atoms with Gasteiger partial charge in [0.15, 0.2) is 0 Å². The largest absolute Gasteiger partial charge is 0.350 e. The molecule has 0 atom stereocenters. The van der Waals surface area contributed by atoms with Crippen LogP contribution in [-0.4, -0.2) is 32.3 Å². The summed E-state index contributed by atoms with van der Waals surface area (Å²) < 4.78 is 27.5.